The summed E-state index contributed by atoms with van der Waals surface area (Å²) in [6.45, 7) is 3.86. The molecule has 3 aromatic rings. The zero-order valence-corrected chi connectivity index (χ0v) is 15.6. The molecule has 0 fully saturated rings. The first-order chi connectivity index (χ1) is 12.6. The van der Waals surface area contributed by atoms with Crippen LogP contribution in [0, 0.1) is 0 Å². The largest absolute Gasteiger partial charge is 0.416 e. The fraction of sp³-hybridized carbons (Fsp3) is 0.250. The van der Waals surface area contributed by atoms with Crippen molar-refractivity contribution in [3.8, 4) is 5.69 Å². The highest BCUT2D eigenvalue weighted by atomic mass is 35.5. The van der Waals surface area contributed by atoms with Crippen molar-refractivity contribution in [1.82, 2.24) is 9.78 Å². The van der Waals surface area contributed by atoms with Crippen LogP contribution in [0.5, 0.6) is 0 Å². The van der Waals surface area contributed by atoms with Crippen LogP contribution in [0.3, 0.4) is 0 Å². The Kier molecular flexibility index (Phi) is 5.06. The van der Waals surface area contributed by atoms with E-state index < -0.39 is 17.3 Å². The van der Waals surface area contributed by atoms with Crippen LogP contribution in [-0.4, -0.2) is 9.78 Å². The predicted octanol–water partition coefficient (Wildman–Crippen LogP) is 5.52. The number of hydrogen-bond donors (Lipinski definition) is 1. The molecule has 1 aromatic heterocycles. The highest BCUT2D eigenvalue weighted by Crippen LogP contribution is 2.35. The van der Waals surface area contributed by atoms with E-state index in [4.69, 9.17) is 17.3 Å². The Labute approximate surface area is 160 Å². The van der Waals surface area contributed by atoms with Crippen molar-refractivity contribution in [3.05, 3.63) is 82.6 Å². The Balaban J connectivity index is 1.86. The van der Waals surface area contributed by atoms with E-state index in [1.807, 2.05) is 38.1 Å². The fourth-order valence-electron chi connectivity index (χ4n) is 2.90. The van der Waals surface area contributed by atoms with Crippen LogP contribution in [0.1, 0.15) is 36.6 Å². The number of aromatic nitrogens is 2. The summed E-state index contributed by atoms with van der Waals surface area (Å²) in [5.41, 5.74) is 7.32. The number of halogens is 4. The van der Waals surface area contributed by atoms with E-state index in [9.17, 15) is 13.2 Å². The molecule has 2 N–H and O–H groups in total. The lowest BCUT2D eigenvalue weighted by atomic mass is 9.80. The average molecular weight is 394 g/mol. The van der Waals surface area contributed by atoms with Crippen LogP contribution < -0.4 is 5.73 Å². The zero-order chi connectivity index (χ0) is 19.8. The molecule has 3 nitrogen and oxygen atoms in total. The van der Waals surface area contributed by atoms with Crippen LogP contribution >= 0.6 is 11.6 Å². The Morgan fingerprint density at radius 2 is 1.70 bits per heavy atom. The average Bonchev–Trinajstić information content (AvgIpc) is 3.10. The number of benzene rings is 2. The molecular formula is C20H19ClF3N3. The Bertz CT molecular complexity index is 930. The van der Waals surface area contributed by atoms with Crippen LogP contribution in [0.25, 0.3) is 5.69 Å². The van der Waals surface area contributed by atoms with Gasteiger partial charge in [0.1, 0.15) is 0 Å². The molecule has 0 saturated carbocycles. The van der Waals surface area contributed by atoms with Gasteiger partial charge in [-0.2, -0.15) is 18.3 Å². The molecule has 0 saturated heterocycles. The van der Waals surface area contributed by atoms with Crippen molar-refractivity contribution in [2.75, 3.05) is 0 Å². The van der Waals surface area contributed by atoms with E-state index in [1.54, 1.807) is 16.9 Å². The van der Waals surface area contributed by atoms with Gasteiger partial charge in [0.15, 0.2) is 0 Å². The summed E-state index contributed by atoms with van der Waals surface area (Å²) in [7, 11) is 0. The highest BCUT2D eigenvalue weighted by Gasteiger charge is 2.32. The maximum atomic E-state index is 12.7. The zero-order valence-electron chi connectivity index (χ0n) is 14.8. The Morgan fingerprint density at radius 3 is 2.30 bits per heavy atom. The Hall–Kier alpha value is -2.31. The van der Waals surface area contributed by atoms with Gasteiger partial charge in [0, 0.05) is 22.7 Å². The first kappa shape index (κ1) is 19.5. The molecule has 1 unspecified atom stereocenters. The summed E-state index contributed by atoms with van der Waals surface area (Å²) in [6, 6.07) is 14.0. The number of nitrogens with two attached hydrogens (primary N) is 1. The second-order valence-electron chi connectivity index (χ2n) is 6.74. The first-order valence-corrected chi connectivity index (χ1v) is 8.75. The van der Waals surface area contributed by atoms with Gasteiger partial charge in [-0.3, -0.25) is 0 Å². The van der Waals surface area contributed by atoms with E-state index in [1.165, 1.54) is 12.1 Å². The molecule has 0 spiro atoms. The molecule has 0 bridgehead atoms. The maximum absolute atomic E-state index is 12.7. The predicted molar refractivity (Wildman–Crippen MR) is 100.0 cm³/mol. The quantitative estimate of drug-likeness (QED) is 0.634. The van der Waals surface area contributed by atoms with Gasteiger partial charge in [-0.05, 0) is 55.0 Å². The SMILES string of the molecule is CC(c1ccn(-c2ccc(C(F)(F)F)cc2)n1)[C@](C)(N)c1cccc(Cl)c1. The van der Waals surface area contributed by atoms with Crippen molar-refractivity contribution >= 4 is 11.6 Å². The molecule has 0 radical (unpaired) electrons. The van der Waals surface area contributed by atoms with Gasteiger partial charge in [0.2, 0.25) is 0 Å². The summed E-state index contributed by atoms with van der Waals surface area (Å²) >= 11 is 6.08. The molecule has 0 aliphatic rings. The molecule has 27 heavy (non-hydrogen) atoms. The van der Waals surface area contributed by atoms with Crippen molar-refractivity contribution in [2.24, 2.45) is 5.73 Å². The normalized spacial score (nSPS) is 15.4. The van der Waals surface area contributed by atoms with Gasteiger partial charge < -0.3 is 5.73 Å². The lowest BCUT2D eigenvalue weighted by molar-refractivity contribution is -0.137. The summed E-state index contributed by atoms with van der Waals surface area (Å²) in [5, 5.41) is 5.11. The molecule has 3 rings (SSSR count). The second kappa shape index (κ2) is 7.02. The molecule has 2 aromatic carbocycles. The van der Waals surface area contributed by atoms with Crippen molar-refractivity contribution in [1.29, 1.82) is 0 Å². The first-order valence-electron chi connectivity index (χ1n) is 8.37. The molecule has 142 valence electrons. The smallest absolute Gasteiger partial charge is 0.321 e. The van der Waals surface area contributed by atoms with Gasteiger partial charge in [-0.1, -0.05) is 30.7 Å². The topological polar surface area (TPSA) is 43.8 Å². The molecule has 7 heteroatoms. The van der Waals surface area contributed by atoms with Gasteiger partial charge in [0.05, 0.1) is 16.9 Å². The van der Waals surface area contributed by atoms with Crippen LogP contribution in [0.15, 0.2) is 60.8 Å². The number of alkyl halides is 3. The van der Waals surface area contributed by atoms with Crippen molar-refractivity contribution < 1.29 is 13.2 Å². The molecule has 1 heterocycles. The molecule has 0 aliphatic carbocycles. The molecular weight excluding hydrogens is 375 g/mol. The monoisotopic (exact) mass is 393 g/mol. The van der Waals surface area contributed by atoms with E-state index in [0.29, 0.717) is 10.7 Å². The Morgan fingerprint density at radius 1 is 1.04 bits per heavy atom. The van der Waals surface area contributed by atoms with E-state index >= 15 is 0 Å². The molecule has 0 amide bonds. The van der Waals surface area contributed by atoms with Gasteiger partial charge in [-0.15, -0.1) is 0 Å². The lowest BCUT2D eigenvalue weighted by Crippen LogP contribution is -2.38. The maximum Gasteiger partial charge on any atom is 0.416 e. The summed E-state index contributed by atoms with van der Waals surface area (Å²) in [4.78, 5) is 0. The summed E-state index contributed by atoms with van der Waals surface area (Å²) in [5.74, 6) is -0.147. The van der Waals surface area contributed by atoms with E-state index in [2.05, 4.69) is 5.10 Å². The van der Waals surface area contributed by atoms with Crippen LogP contribution in [0.4, 0.5) is 13.2 Å². The van der Waals surface area contributed by atoms with E-state index in [0.717, 1.165) is 23.4 Å². The third-order valence-electron chi connectivity index (χ3n) is 4.86. The minimum atomic E-state index is -4.36. The number of hydrogen-bond acceptors (Lipinski definition) is 2. The molecule has 2 atom stereocenters. The number of nitrogens with zero attached hydrogens (tertiary/aromatic N) is 2. The molecule has 0 aliphatic heterocycles. The minimum Gasteiger partial charge on any atom is -0.321 e. The van der Waals surface area contributed by atoms with Crippen molar-refractivity contribution in [2.45, 2.75) is 31.5 Å². The fourth-order valence-corrected chi connectivity index (χ4v) is 3.09. The van der Waals surface area contributed by atoms with Crippen LogP contribution in [-0.2, 0) is 11.7 Å². The lowest BCUT2D eigenvalue weighted by Gasteiger charge is -2.31. The van der Waals surface area contributed by atoms with Crippen molar-refractivity contribution in [3.63, 3.8) is 0 Å². The third-order valence-corrected chi connectivity index (χ3v) is 5.09. The van der Waals surface area contributed by atoms with E-state index in [-0.39, 0.29) is 5.92 Å². The summed E-state index contributed by atoms with van der Waals surface area (Å²) in [6.07, 6.45) is -2.65. The van der Waals surface area contributed by atoms with Gasteiger partial charge in [-0.25, -0.2) is 4.68 Å². The highest BCUT2D eigenvalue weighted by molar-refractivity contribution is 6.30. The van der Waals surface area contributed by atoms with Crippen LogP contribution in [0.2, 0.25) is 5.02 Å². The summed E-state index contributed by atoms with van der Waals surface area (Å²) < 4.78 is 39.7. The minimum absolute atomic E-state index is 0.147. The third kappa shape index (κ3) is 4.01. The second-order valence-corrected chi connectivity index (χ2v) is 7.18. The van der Waals surface area contributed by atoms with Gasteiger partial charge in [0.25, 0.3) is 0 Å². The number of rotatable bonds is 4. The van der Waals surface area contributed by atoms with Gasteiger partial charge >= 0.3 is 6.18 Å². The standard InChI is InChI=1S/C20H19ClF3N3/c1-13(19(2,25)15-4-3-5-16(21)12-15)18-10-11-27(26-18)17-8-6-14(7-9-17)20(22,23)24/h3-13H,25H2,1-2H3/t13?,19-/m0/s1.